The van der Waals surface area contributed by atoms with Crippen LogP contribution in [-0.4, -0.2) is 49.3 Å². The quantitative estimate of drug-likeness (QED) is 0.529. The summed E-state index contributed by atoms with van der Waals surface area (Å²) in [5.41, 5.74) is 0.269. The smallest absolute Gasteiger partial charge is 0.357 e. The Bertz CT molecular complexity index is 1100. The maximum absolute atomic E-state index is 12.8. The number of nitriles is 2. The van der Waals surface area contributed by atoms with E-state index in [2.05, 4.69) is 10.3 Å². The van der Waals surface area contributed by atoms with Gasteiger partial charge in [-0.3, -0.25) is 10.1 Å². The largest absolute Gasteiger partial charge is 0.461 e. The molecule has 1 amide bonds. The molecule has 1 N–H and O–H groups in total. The summed E-state index contributed by atoms with van der Waals surface area (Å²) >= 11 is 1.05. The standard InChI is InChI=1S/C19H19N5O5S2/c1-2-29-18(26)16-13-30-19(22-16)23-17(25)14-5-7-15(8-6-14)31(27,28)24(11-3-9-20)12-4-10-21/h5-8,13H,2-4,11-12H2,1H3,(H,22,23,25). The summed E-state index contributed by atoms with van der Waals surface area (Å²) in [4.78, 5) is 28.0. The monoisotopic (exact) mass is 461 g/mol. The van der Waals surface area contributed by atoms with Crippen molar-refractivity contribution in [3.63, 3.8) is 0 Å². The number of esters is 1. The summed E-state index contributed by atoms with van der Waals surface area (Å²) < 4.78 is 31.5. The highest BCUT2D eigenvalue weighted by Gasteiger charge is 2.24. The van der Waals surface area contributed by atoms with Crippen LogP contribution in [0.3, 0.4) is 0 Å². The number of sulfonamides is 1. The maximum atomic E-state index is 12.8. The molecule has 1 heterocycles. The third-order valence-electron chi connectivity index (χ3n) is 3.91. The first-order chi connectivity index (χ1) is 14.8. The molecule has 0 saturated heterocycles. The van der Waals surface area contributed by atoms with Gasteiger partial charge in [-0.05, 0) is 31.2 Å². The Morgan fingerprint density at radius 3 is 2.32 bits per heavy atom. The number of carbonyl (C=O) groups excluding carboxylic acids is 2. The molecule has 0 bridgehead atoms. The van der Waals surface area contributed by atoms with Crippen molar-refractivity contribution in [2.45, 2.75) is 24.7 Å². The molecule has 0 radical (unpaired) electrons. The SMILES string of the molecule is CCOC(=O)c1csc(NC(=O)c2ccc(S(=O)(=O)N(CCC#N)CCC#N)cc2)n1. The summed E-state index contributed by atoms with van der Waals surface area (Å²) in [6, 6.07) is 9.01. The molecule has 12 heteroatoms. The first-order valence-electron chi connectivity index (χ1n) is 9.11. The number of rotatable bonds is 10. The number of hydrogen-bond donors (Lipinski definition) is 1. The van der Waals surface area contributed by atoms with Crippen LogP contribution in [0.2, 0.25) is 0 Å². The number of carbonyl (C=O) groups is 2. The van der Waals surface area contributed by atoms with Crippen molar-refractivity contribution in [3.05, 3.63) is 40.9 Å². The zero-order chi connectivity index (χ0) is 22.9. The number of hydrogen-bond acceptors (Lipinski definition) is 9. The normalized spacial score (nSPS) is 10.8. The van der Waals surface area contributed by atoms with Gasteiger partial charge in [-0.1, -0.05) is 0 Å². The molecule has 162 valence electrons. The molecular weight excluding hydrogens is 442 g/mol. The van der Waals surface area contributed by atoms with E-state index in [9.17, 15) is 18.0 Å². The van der Waals surface area contributed by atoms with Crippen molar-refractivity contribution >= 4 is 38.4 Å². The third kappa shape index (κ3) is 6.33. The van der Waals surface area contributed by atoms with Crippen molar-refractivity contribution in [1.29, 1.82) is 10.5 Å². The molecule has 1 aromatic carbocycles. The molecule has 2 rings (SSSR count). The fourth-order valence-electron chi connectivity index (χ4n) is 2.43. The summed E-state index contributed by atoms with van der Waals surface area (Å²) in [5, 5.41) is 21.7. The highest BCUT2D eigenvalue weighted by Crippen LogP contribution is 2.20. The van der Waals surface area contributed by atoms with E-state index in [0.717, 1.165) is 15.6 Å². The molecule has 0 unspecified atom stereocenters. The van der Waals surface area contributed by atoms with Gasteiger partial charge < -0.3 is 4.74 Å². The first-order valence-corrected chi connectivity index (χ1v) is 11.4. The van der Waals surface area contributed by atoms with Gasteiger partial charge in [0.2, 0.25) is 10.0 Å². The van der Waals surface area contributed by atoms with Crippen LogP contribution in [0.1, 0.15) is 40.6 Å². The van der Waals surface area contributed by atoms with E-state index in [1.807, 2.05) is 12.1 Å². The molecule has 0 aliphatic carbocycles. The third-order valence-corrected chi connectivity index (χ3v) is 6.58. The van der Waals surface area contributed by atoms with E-state index in [1.165, 1.54) is 29.6 Å². The highest BCUT2D eigenvalue weighted by molar-refractivity contribution is 7.89. The van der Waals surface area contributed by atoms with Gasteiger partial charge in [0.25, 0.3) is 5.91 Å². The van der Waals surface area contributed by atoms with Gasteiger partial charge in [-0.25, -0.2) is 18.2 Å². The number of anilines is 1. The lowest BCUT2D eigenvalue weighted by atomic mass is 10.2. The second-order valence-corrected chi connectivity index (χ2v) is 8.75. The fraction of sp³-hybridized carbons (Fsp3) is 0.316. The highest BCUT2D eigenvalue weighted by atomic mass is 32.2. The minimum absolute atomic E-state index is 0.00719. The van der Waals surface area contributed by atoms with Gasteiger partial charge in [-0.15, -0.1) is 11.3 Å². The molecule has 0 saturated carbocycles. The van der Waals surface area contributed by atoms with Crippen molar-refractivity contribution in [1.82, 2.24) is 9.29 Å². The van der Waals surface area contributed by atoms with Crippen molar-refractivity contribution in [2.75, 3.05) is 25.0 Å². The topological polar surface area (TPSA) is 153 Å². The van der Waals surface area contributed by atoms with E-state index in [4.69, 9.17) is 15.3 Å². The van der Waals surface area contributed by atoms with E-state index >= 15 is 0 Å². The Kier molecular flexibility index (Phi) is 8.63. The van der Waals surface area contributed by atoms with Crippen LogP contribution in [0.15, 0.2) is 34.5 Å². The Morgan fingerprint density at radius 2 is 1.77 bits per heavy atom. The Balaban J connectivity index is 2.13. The average Bonchev–Trinajstić information content (AvgIpc) is 3.22. The Hall–Kier alpha value is -3.32. The van der Waals surface area contributed by atoms with Crippen molar-refractivity contribution in [3.8, 4) is 12.1 Å². The van der Waals surface area contributed by atoms with Gasteiger partial charge in [0, 0.05) is 36.9 Å². The molecule has 0 fully saturated rings. The minimum atomic E-state index is -3.92. The van der Waals surface area contributed by atoms with Crippen LogP contribution in [-0.2, 0) is 14.8 Å². The number of thiazole rings is 1. The van der Waals surface area contributed by atoms with Crippen molar-refractivity contribution < 1.29 is 22.7 Å². The summed E-state index contributed by atoms with van der Waals surface area (Å²) in [5.74, 6) is -1.12. The lowest BCUT2D eigenvalue weighted by Crippen LogP contribution is -2.32. The molecule has 10 nitrogen and oxygen atoms in total. The van der Waals surface area contributed by atoms with Crippen LogP contribution in [0.4, 0.5) is 5.13 Å². The molecule has 0 spiro atoms. The van der Waals surface area contributed by atoms with Gasteiger partial charge in [-0.2, -0.15) is 14.8 Å². The lowest BCUT2D eigenvalue weighted by Gasteiger charge is -2.20. The molecule has 2 aromatic rings. The lowest BCUT2D eigenvalue weighted by molar-refractivity contribution is 0.0520. The number of aromatic nitrogens is 1. The predicted molar refractivity (Wildman–Crippen MR) is 112 cm³/mol. The van der Waals surface area contributed by atoms with E-state index in [0.29, 0.717) is 0 Å². The van der Waals surface area contributed by atoms with Gasteiger partial charge >= 0.3 is 5.97 Å². The molecule has 0 aliphatic heterocycles. The molecule has 0 aliphatic rings. The zero-order valence-corrected chi connectivity index (χ0v) is 18.2. The minimum Gasteiger partial charge on any atom is -0.461 e. The number of ether oxygens (including phenoxy) is 1. The predicted octanol–water partition coefficient (Wildman–Crippen LogP) is 2.39. The summed E-state index contributed by atoms with van der Waals surface area (Å²) in [7, 11) is -3.92. The second kappa shape index (κ2) is 11.2. The fourth-order valence-corrected chi connectivity index (χ4v) is 4.54. The van der Waals surface area contributed by atoms with Crippen LogP contribution in [0, 0.1) is 22.7 Å². The number of nitrogens with one attached hydrogen (secondary N) is 1. The summed E-state index contributed by atoms with van der Waals surface area (Å²) in [6.07, 6.45) is -0.0144. The zero-order valence-electron chi connectivity index (χ0n) is 16.6. The maximum Gasteiger partial charge on any atom is 0.357 e. The van der Waals surface area contributed by atoms with E-state index in [-0.39, 0.29) is 53.8 Å². The van der Waals surface area contributed by atoms with Gasteiger partial charge in [0.15, 0.2) is 10.8 Å². The molecular formula is C19H19N5O5S2. The van der Waals surface area contributed by atoms with Gasteiger partial charge in [0.1, 0.15) is 0 Å². The Labute approximate surface area is 183 Å². The average molecular weight is 462 g/mol. The van der Waals surface area contributed by atoms with Crippen LogP contribution in [0.25, 0.3) is 0 Å². The van der Waals surface area contributed by atoms with Crippen LogP contribution in [0.5, 0.6) is 0 Å². The molecule has 0 atom stereocenters. The van der Waals surface area contributed by atoms with Crippen molar-refractivity contribution in [2.24, 2.45) is 0 Å². The van der Waals surface area contributed by atoms with Gasteiger partial charge in [0.05, 0.1) is 23.6 Å². The molecule has 1 aromatic heterocycles. The van der Waals surface area contributed by atoms with E-state index < -0.39 is 21.9 Å². The summed E-state index contributed by atoms with van der Waals surface area (Å²) in [6.45, 7) is 1.81. The van der Waals surface area contributed by atoms with Crippen LogP contribution < -0.4 is 5.32 Å². The Morgan fingerprint density at radius 1 is 1.16 bits per heavy atom. The number of benzene rings is 1. The van der Waals surface area contributed by atoms with Crippen LogP contribution >= 0.6 is 11.3 Å². The molecule has 31 heavy (non-hydrogen) atoms. The first kappa shape index (κ1) is 24.0. The number of amides is 1. The van der Waals surface area contributed by atoms with E-state index in [1.54, 1.807) is 6.92 Å². The second-order valence-electron chi connectivity index (χ2n) is 5.96. The number of nitrogens with zero attached hydrogens (tertiary/aromatic N) is 4.